The highest BCUT2D eigenvalue weighted by Gasteiger charge is 2.06. The number of hydrogen-bond acceptors (Lipinski definition) is 2. The molecule has 2 nitrogen and oxygen atoms in total. The Hall–Kier alpha value is -1.88. The van der Waals surface area contributed by atoms with Gasteiger partial charge in [-0.15, -0.1) is 6.42 Å². The Morgan fingerprint density at radius 2 is 2.16 bits per heavy atom. The molecule has 0 aliphatic carbocycles. The summed E-state index contributed by atoms with van der Waals surface area (Å²) in [6.07, 6.45) is 6.41. The van der Waals surface area contributed by atoms with Crippen molar-refractivity contribution in [1.29, 1.82) is 0 Å². The highest BCUT2D eigenvalue weighted by Crippen LogP contribution is 2.24. The second-order valence-corrected chi connectivity index (χ2v) is 4.83. The van der Waals surface area contributed by atoms with E-state index in [2.05, 4.69) is 44.1 Å². The zero-order chi connectivity index (χ0) is 14.3. The molecule has 0 aliphatic rings. The molecule has 0 saturated carbocycles. The van der Waals surface area contributed by atoms with Crippen LogP contribution in [0.4, 0.5) is 0 Å². The molecule has 0 saturated heterocycles. The van der Waals surface area contributed by atoms with Crippen LogP contribution in [-0.4, -0.2) is 13.7 Å². The number of allylic oxidation sites excluding steroid dienone is 2. The van der Waals surface area contributed by atoms with Crippen molar-refractivity contribution in [3.8, 4) is 18.1 Å². The second kappa shape index (κ2) is 7.53. The SMILES string of the molecule is C#C/C(NC)=C(/CC)c1cccc(OCC(C)C)c1. The van der Waals surface area contributed by atoms with Crippen LogP contribution >= 0.6 is 0 Å². The summed E-state index contributed by atoms with van der Waals surface area (Å²) >= 11 is 0. The van der Waals surface area contributed by atoms with Gasteiger partial charge in [0.2, 0.25) is 0 Å². The first-order chi connectivity index (χ1) is 9.12. The second-order valence-electron chi connectivity index (χ2n) is 4.83. The van der Waals surface area contributed by atoms with Gasteiger partial charge in [0.05, 0.1) is 12.3 Å². The van der Waals surface area contributed by atoms with E-state index in [0.717, 1.165) is 35.6 Å². The molecule has 1 aromatic carbocycles. The third-order valence-electron chi connectivity index (χ3n) is 2.82. The van der Waals surface area contributed by atoms with E-state index in [9.17, 15) is 0 Å². The molecule has 0 heterocycles. The number of rotatable bonds is 6. The largest absolute Gasteiger partial charge is 0.493 e. The maximum Gasteiger partial charge on any atom is 0.119 e. The normalized spacial score (nSPS) is 11.8. The van der Waals surface area contributed by atoms with Crippen LogP contribution in [0.25, 0.3) is 5.57 Å². The van der Waals surface area contributed by atoms with Crippen molar-refractivity contribution in [3.63, 3.8) is 0 Å². The van der Waals surface area contributed by atoms with Gasteiger partial charge in [-0.1, -0.05) is 38.8 Å². The standard InChI is InChI=1S/C17H23NO/c1-6-16(17(7-2)18-5)14-9-8-10-15(11-14)19-12-13(3)4/h2,8-11,13,18H,6,12H2,1,3-5H3/b17-16+. The summed E-state index contributed by atoms with van der Waals surface area (Å²) in [5.74, 6) is 4.11. The van der Waals surface area contributed by atoms with Gasteiger partial charge < -0.3 is 10.1 Å². The van der Waals surface area contributed by atoms with Gasteiger partial charge >= 0.3 is 0 Å². The summed E-state index contributed by atoms with van der Waals surface area (Å²) < 4.78 is 5.76. The van der Waals surface area contributed by atoms with Gasteiger partial charge in [-0.3, -0.25) is 0 Å². The Labute approximate surface area is 116 Å². The van der Waals surface area contributed by atoms with Crippen LogP contribution in [0.5, 0.6) is 5.75 Å². The summed E-state index contributed by atoms with van der Waals surface area (Å²) in [7, 11) is 1.85. The first-order valence-corrected chi connectivity index (χ1v) is 6.73. The minimum atomic E-state index is 0.517. The summed E-state index contributed by atoms with van der Waals surface area (Å²) in [6, 6.07) is 8.10. The van der Waals surface area contributed by atoms with Crippen LogP contribution in [0.3, 0.4) is 0 Å². The van der Waals surface area contributed by atoms with Crippen molar-refractivity contribution >= 4 is 5.57 Å². The molecule has 0 radical (unpaired) electrons. The fourth-order valence-electron chi connectivity index (χ4n) is 1.87. The Morgan fingerprint density at radius 1 is 1.42 bits per heavy atom. The number of terminal acetylenes is 1. The molecule has 19 heavy (non-hydrogen) atoms. The lowest BCUT2D eigenvalue weighted by Crippen LogP contribution is -2.07. The van der Waals surface area contributed by atoms with Crippen molar-refractivity contribution in [2.45, 2.75) is 27.2 Å². The van der Waals surface area contributed by atoms with Gasteiger partial charge in [0.15, 0.2) is 0 Å². The lowest BCUT2D eigenvalue weighted by Gasteiger charge is -2.13. The van der Waals surface area contributed by atoms with Gasteiger partial charge in [0, 0.05) is 7.05 Å². The zero-order valence-corrected chi connectivity index (χ0v) is 12.3. The average molecular weight is 257 g/mol. The van der Waals surface area contributed by atoms with Crippen LogP contribution < -0.4 is 10.1 Å². The Bertz CT molecular complexity index is 480. The summed E-state index contributed by atoms with van der Waals surface area (Å²) in [6.45, 7) is 7.10. The average Bonchev–Trinajstić information content (AvgIpc) is 2.42. The Morgan fingerprint density at radius 3 is 2.68 bits per heavy atom. The van der Waals surface area contributed by atoms with E-state index < -0.39 is 0 Å². The van der Waals surface area contributed by atoms with Gasteiger partial charge in [0.25, 0.3) is 0 Å². The molecular weight excluding hydrogens is 234 g/mol. The Kier molecular flexibility index (Phi) is 6.02. The van der Waals surface area contributed by atoms with E-state index in [1.165, 1.54) is 0 Å². The summed E-state index contributed by atoms with van der Waals surface area (Å²) in [5.41, 5.74) is 3.09. The van der Waals surface area contributed by atoms with Gasteiger partial charge in [-0.05, 0) is 35.6 Å². The van der Waals surface area contributed by atoms with Crippen LogP contribution in [0.2, 0.25) is 0 Å². The van der Waals surface area contributed by atoms with E-state index in [1.807, 2.05) is 19.2 Å². The molecule has 0 spiro atoms. The molecule has 0 unspecified atom stereocenters. The van der Waals surface area contributed by atoms with E-state index >= 15 is 0 Å². The predicted octanol–water partition coefficient (Wildman–Crippen LogP) is 3.70. The quantitative estimate of drug-likeness (QED) is 0.785. The molecule has 1 rings (SSSR count). The third kappa shape index (κ3) is 4.37. The van der Waals surface area contributed by atoms with Crippen molar-refractivity contribution < 1.29 is 4.74 Å². The van der Waals surface area contributed by atoms with Crippen LogP contribution in [0.15, 0.2) is 30.0 Å². The maximum atomic E-state index is 5.76. The van der Waals surface area contributed by atoms with Crippen molar-refractivity contribution in [2.24, 2.45) is 5.92 Å². The molecule has 0 aliphatic heterocycles. The van der Waals surface area contributed by atoms with Crippen LogP contribution in [-0.2, 0) is 0 Å². The summed E-state index contributed by atoms with van der Waals surface area (Å²) in [4.78, 5) is 0. The number of benzene rings is 1. The molecule has 1 N–H and O–H groups in total. The molecule has 0 amide bonds. The molecule has 0 atom stereocenters. The predicted molar refractivity (Wildman–Crippen MR) is 81.9 cm³/mol. The minimum Gasteiger partial charge on any atom is -0.493 e. The maximum absolute atomic E-state index is 5.76. The molecule has 102 valence electrons. The third-order valence-corrected chi connectivity index (χ3v) is 2.82. The molecule has 0 aromatic heterocycles. The van der Waals surface area contributed by atoms with E-state index in [0.29, 0.717) is 5.92 Å². The monoisotopic (exact) mass is 257 g/mol. The van der Waals surface area contributed by atoms with Gasteiger partial charge in [-0.25, -0.2) is 0 Å². The van der Waals surface area contributed by atoms with Crippen molar-refractivity contribution in [1.82, 2.24) is 5.32 Å². The first-order valence-electron chi connectivity index (χ1n) is 6.73. The fourth-order valence-corrected chi connectivity index (χ4v) is 1.87. The lowest BCUT2D eigenvalue weighted by molar-refractivity contribution is 0.271. The smallest absolute Gasteiger partial charge is 0.119 e. The Balaban J connectivity index is 3.04. The highest BCUT2D eigenvalue weighted by molar-refractivity contribution is 5.72. The van der Waals surface area contributed by atoms with Gasteiger partial charge in [-0.2, -0.15) is 0 Å². The lowest BCUT2D eigenvalue weighted by atomic mass is 10.0. The number of hydrogen-bond donors (Lipinski definition) is 1. The van der Waals surface area contributed by atoms with Crippen LogP contribution in [0.1, 0.15) is 32.8 Å². The van der Waals surface area contributed by atoms with E-state index in [-0.39, 0.29) is 0 Å². The van der Waals surface area contributed by atoms with E-state index in [4.69, 9.17) is 11.2 Å². The van der Waals surface area contributed by atoms with Crippen LogP contribution in [0, 0.1) is 18.3 Å². The number of ether oxygens (including phenoxy) is 1. The zero-order valence-electron chi connectivity index (χ0n) is 12.3. The molecule has 0 fully saturated rings. The molecular formula is C17H23NO. The molecule has 2 heteroatoms. The van der Waals surface area contributed by atoms with Crippen molar-refractivity contribution in [3.05, 3.63) is 35.5 Å². The topological polar surface area (TPSA) is 21.3 Å². The van der Waals surface area contributed by atoms with E-state index in [1.54, 1.807) is 0 Å². The van der Waals surface area contributed by atoms with Gasteiger partial charge in [0.1, 0.15) is 5.75 Å². The minimum absolute atomic E-state index is 0.517. The number of nitrogens with one attached hydrogen (secondary N) is 1. The highest BCUT2D eigenvalue weighted by atomic mass is 16.5. The summed E-state index contributed by atoms with van der Waals surface area (Å²) in [5, 5.41) is 3.07. The molecule has 1 aromatic rings. The van der Waals surface area contributed by atoms with Crippen molar-refractivity contribution in [2.75, 3.05) is 13.7 Å². The first kappa shape index (κ1) is 15.2. The fraction of sp³-hybridized carbons (Fsp3) is 0.412. The molecule has 0 bridgehead atoms.